The zero-order valence-electron chi connectivity index (χ0n) is 21.3. The number of allylic oxidation sites excluding steroid dienone is 1. The summed E-state index contributed by atoms with van der Waals surface area (Å²) in [5.41, 5.74) is 3.71. The van der Waals surface area contributed by atoms with Gasteiger partial charge in [-0.3, -0.25) is 9.59 Å². The molecular weight excluding hydrogens is 474 g/mol. The molecule has 1 unspecified atom stereocenters. The topological polar surface area (TPSA) is 95.6 Å². The molecular formula is C28H39N3O4S. The van der Waals surface area contributed by atoms with Gasteiger partial charge < -0.3 is 15.5 Å². The molecule has 0 aromatic heterocycles. The fourth-order valence-electron chi connectivity index (χ4n) is 6.69. The summed E-state index contributed by atoms with van der Waals surface area (Å²) in [5.74, 6) is 1.40. The van der Waals surface area contributed by atoms with Gasteiger partial charge in [0.25, 0.3) is 5.91 Å². The molecule has 2 saturated heterocycles. The highest BCUT2D eigenvalue weighted by Crippen LogP contribution is 2.33. The standard InChI is InChI=1S/C28H39N3O4S/c1-18-7-10-26(27(32)29-18)31-17-23-16-20(8-9-24(23)28(31)33)15-22-5-3-4-6-25(22)30-19(2)21-11-13-36(34,35)14-12-21/h8-9,16,19,21-22,25-26,30H,1,3-7,10-15,17H2,2H3,(H,29,32)/t19-,22+,25-,26?/m0/s1. The molecule has 3 fully saturated rings. The van der Waals surface area contributed by atoms with Gasteiger partial charge in [-0.25, -0.2) is 8.42 Å². The second-order valence-corrected chi connectivity index (χ2v) is 13.7. The van der Waals surface area contributed by atoms with E-state index < -0.39 is 15.9 Å². The maximum atomic E-state index is 13.1. The number of fused-ring (bicyclic) bond motifs is 1. The summed E-state index contributed by atoms with van der Waals surface area (Å²) in [6, 6.07) is 6.52. The van der Waals surface area contributed by atoms with Gasteiger partial charge in [-0.15, -0.1) is 0 Å². The fourth-order valence-corrected chi connectivity index (χ4v) is 8.22. The van der Waals surface area contributed by atoms with E-state index in [1.54, 1.807) is 4.90 Å². The maximum Gasteiger partial charge on any atom is 0.255 e. The summed E-state index contributed by atoms with van der Waals surface area (Å²) in [6.45, 7) is 6.55. The number of hydrogen-bond acceptors (Lipinski definition) is 5. The van der Waals surface area contributed by atoms with Crippen molar-refractivity contribution in [2.75, 3.05) is 11.5 Å². The fraction of sp³-hybridized carbons (Fsp3) is 0.643. The number of rotatable bonds is 6. The Bertz CT molecular complexity index is 1130. The van der Waals surface area contributed by atoms with Crippen LogP contribution in [0.5, 0.6) is 0 Å². The lowest BCUT2D eigenvalue weighted by Gasteiger charge is -2.37. The number of nitrogens with zero attached hydrogens (tertiary/aromatic N) is 1. The SMILES string of the molecule is C=C1CCC(N2Cc3cc(C[C@H]4CCCC[C@@H]4N[C@@H](C)C4CCS(=O)(=O)CC4)ccc3C2=O)C(=O)N1. The molecule has 3 heterocycles. The van der Waals surface area contributed by atoms with E-state index in [1.165, 1.54) is 24.8 Å². The largest absolute Gasteiger partial charge is 0.329 e. The van der Waals surface area contributed by atoms with Crippen LogP contribution in [-0.2, 0) is 27.6 Å². The predicted octanol–water partition coefficient (Wildman–Crippen LogP) is 3.34. The van der Waals surface area contributed by atoms with Crippen LogP contribution in [0.15, 0.2) is 30.5 Å². The summed E-state index contributed by atoms with van der Waals surface area (Å²) in [7, 11) is -2.84. The Kier molecular flexibility index (Phi) is 7.27. The number of sulfone groups is 1. The van der Waals surface area contributed by atoms with Gasteiger partial charge in [0.2, 0.25) is 5.91 Å². The number of piperidine rings is 1. The molecule has 1 aromatic rings. The Hall–Kier alpha value is -2.19. The molecule has 0 radical (unpaired) electrons. The molecule has 2 N–H and O–H groups in total. The van der Waals surface area contributed by atoms with Crippen molar-refractivity contribution in [2.24, 2.45) is 11.8 Å². The Morgan fingerprint density at radius 2 is 1.86 bits per heavy atom. The van der Waals surface area contributed by atoms with Crippen molar-refractivity contribution in [1.29, 1.82) is 0 Å². The van der Waals surface area contributed by atoms with Crippen molar-refractivity contribution in [2.45, 2.75) is 89.4 Å². The highest BCUT2D eigenvalue weighted by molar-refractivity contribution is 7.91. The van der Waals surface area contributed by atoms with E-state index in [2.05, 4.69) is 36.3 Å². The van der Waals surface area contributed by atoms with Crippen LogP contribution in [0.1, 0.15) is 79.8 Å². The number of benzene rings is 1. The molecule has 0 bridgehead atoms. The van der Waals surface area contributed by atoms with E-state index in [-0.39, 0.29) is 11.8 Å². The lowest BCUT2D eigenvalue weighted by molar-refractivity contribution is -0.126. The Labute approximate surface area is 215 Å². The van der Waals surface area contributed by atoms with Gasteiger partial charge in [-0.1, -0.05) is 31.6 Å². The van der Waals surface area contributed by atoms with Crippen molar-refractivity contribution in [3.8, 4) is 0 Å². The molecule has 0 spiro atoms. The first-order valence-electron chi connectivity index (χ1n) is 13.6. The molecule has 36 heavy (non-hydrogen) atoms. The summed E-state index contributed by atoms with van der Waals surface area (Å²) in [6.07, 6.45) is 8.60. The van der Waals surface area contributed by atoms with E-state index in [9.17, 15) is 18.0 Å². The zero-order chi connectivity index (χ0) is 25.4. The average molecular weight is 514 g/mol. The Balaban J connectivity index is 1.23. The Morgan fingerprint density at radius 1 is 1.11 bits per heavy atom. The molecule has 5 rings (SSSR count). The first-order valence-corrected chi connectivity index (χ1v) is 15.4. The number of carbonyl (C=O) groups is 2. The molecule has 7 nitrogen and oxygen atoms in total. The number of amides is 2. The zero-order valence-corrected chi connectivity index (χ0v) is 22.1. The van der Waals surface area contributed by atoms with Gasteiger partial charge in [0.15, 0.2) is 0 Å². The molecule has 1 saturated carbocycles. The van der Waals surface area contributed by atoms with Crippen LogP contribution in [0.25, 0.3) is 0 Å². The molecule has 1 aliphatic carbocycles. The van der Waals surface area contributed by atoms with E-state index in [4.69, 9.17) is 0 Å². The minimum absolute atomic E-state index is 0.0512. The quantitative estimate of drug-likeness (QED) is 0.608. The first kappa shape index (κ1) is 25.5. The molecule has 196 valence electrons. The minimum Gasteiger partial charge on any atom is -0.329 e. The second kappa shape index (κ2) is 10.3. The highest BCUT2D eigenvalue weighted by atomic mass is 32.2. The summed E-state index contributed by atoms with van der Waals surface area (Å²) >= 11 is 0. The third-order valence-corrected chi connectivity index (χ3v) is 10.6. The third-order valence-electron chi connectivity index (χ3n) is 8.89. The van der Waals surface area contributed by atoms with Gasteiger partial charge >= 0.3 is 0 Å². The van der Waals surface area contributed by atoms with Crippen LogP contribution < -0.4 is 10.6 Å². The summed E-state index contributed by atoms with van der Waals surface area (Å²) < 4.78 is 23.7. The van der Waals surface area contributed by atoms with Crippen molar-refractivity contribution in [1.82, 2.24) is 15.5 Å². The van der Waals surface area contributed by atoms with Crippen molar-refractivity contribution in [3.05, 3.63) is 47.2 Å². The normalized spacial score (nSPS) is 29.6. The molecule has 4 aliphatic rings. The second-order valence-electron chi connectivity index (χ2n) is 11.4. The van der Waals surface area contributed by atoms with Crippen LogP contribution in [0, 0.1) is 11.8 Å². The number of hydrogen-bond donors (Lipinski definition) is 2. The van der Waals surface area contributed by atoms with Gasteiger partial charge in [-0.2, -0.15) is 0 Å². The van der Waals surface area contributed by atoms with Gasteiger partial charge in [-0.05, 0) is 80.9 Å². The van der Waals surface area contributed by atoms with E-state index in [0.29, 0.717) is 54.8 Å². The molecule has 3 aliphatic heterocycles. The lowest BCUT2D eigenvalue weighted by atomic mass is 9.79. The van der Waals surface area contributed by atoms with Crippen molar-refractivity contribution < 1.29 is 18.0 Å². The van der Waals surface area contributed by atoms with Crippen LogP contribution >= 0.6 is 0 Å². The first-order chi connectivity index (χ1) is 17.2. The van der Waals surface area contributed by atoms with E-state index in [1.807, 2.05) is 6.07 Å². The van der Waals surface area contributed by atoms with E-state index >= 15 is 0 Å². The van der Waals surface area contributed by atoms with Crippen LogP contribution in [0.2, 0.25) is 0 Å². The molecule has 1 aromatic carbocycles. The van der Waals surface area contributed by atoms with Crippen molar-refractivity contribution in [3.63, 3.8) is 0 Å². The highest BCUT2D eigenvalue weighted by Gasteiger charge is 2.38. The average Bonchev–Trinajstić information content (AvgIpc) is 3.15. The van der Waals surface area contributed by atoms with Gasteiger partial charge in [0, 0.05) is 29.9 Å². The molecule has 8 heteroatoms. The lowest BCUT2D eigenvalue weighted by Crippen LogP contribution is -2.49. The van der Waals surface area contributed by atoms with Crippen LogP contribution in [0.4, 0.5) is 0 Å². The minimum atomic E-state index is -2.84. The van der Waals surface area contributed by atoms with E-state index in [0.717, 1.165) is 42.5 Å². The monoisotopic (exact) mass is 513 g/mol. The summed E-state index contributed by atoms with van der Waals surface area (Å²) in [4.78, 5) is 27.3. The smallest absolute Gasteiger partial charge is 0.255 e. The predicted molar refractivity (Wildman–Crippen MR) is 140 cm³/mol. The molecule has 4 atom stereocenters. The van der Waals surface area contributed by atoms with Gasteiger partial charge in [0.05, 0.1) is 11.5 Å². The van der Waals surface area contributed by atoms with Crippen LogP contribution in [-0.4, -0.2) is 54.8 Å². The van der Waals surface area contributed by atoms with Crippen molar-refractivity contribution >= 4 is 21.7 Å². The third kappa shape index (κ3) is 5.40. The number of nitrogens with one attached hydrogen (secondary N) is 2. The molecule has 2 amide bonds. The maximum absolute atomic E-state index is 13.1. The summed E-state index contributed by atoms with van der Waals surface area (Å²) in [5, 5.41) is 6.70. The number of carbonyl (C=O) groups excluding carboxylic acids is 2. The van der Waals surface area contributed by atoms with Crippen LogP contribution in [0.3, 0.4) is 0 Å². The Morgan fingerprint density at radius 3 is 2.61 bits per heavy atom. The van der Waals surface area contributed by atoms with Gasteiger partial charge in [0.1, 0.15) is 15.9 Å².